The summed E-state index contributed by atoms with van der Waals surface area (Å²) < 4.78 is 14.0. The molecule has 45 heavy (non-hydrogen) atoms. The molecule has 1 aromatic heterocycles. The second kappa shape index (κ2) is 11.5. The molecule has 0 radical (unpaired) electrons. The average Bonchev–Trinajstić information content (AvgIpc) is 3.72. The molecule has 4 aromatic rings. The van der Waals surface area contributed by atoms with Gasteiger partial charge in [0.2, 0.25) is 6.79 Å². The first kappa shape index (κ1) is 28.6. The number of aliphatic carboxylic acids is 1. The number of hydrogen-bond donors (Lipinski definition) is 1. The van der Waals surface area contributed by atoms with E-state index in [2.05, 4.69) is 88.0 Å². The van der Waals surface area contributed by atoms with Crippen LogP contribution < -0.4 is 9.47 Å². The van der Waals surface area contributed by atoms with E-state index >= 15 is 0 Å². The minimum Gasteiger partial charge on any atom is -0.480 e. The fourth-order valence-electron chi connectivity index (χ4n) is 9.28. The molecule has 0 aliphatic carbocycles. The van der Waals surface area contributed by atoms with Gasteiger partial charge in [-0.05, 0) is 93.9 Å². The monoisotopic (exact) mass is 606 g/mol. The van der Waals surface area contributed by atoms with Gasteiger partial charge in [-0.2, -0.15) is 0 Å². The molecule has 3 fully saturated rings. The largest absolute Gasteiger partial charge is 0.480 e. The van der Waals surface area contributed by atoms with Crippen LogP contribution in [0.3, 0.4) is 0 Å². The van der Waals surface area contributed by atoms with Crippen LogP contribution in [0.1, 0.15) is 67.4 Å². The Kier molecular flexibility index (Phi) is 7.29. The van der Waals surface area contributed by atoms with Gasteiger partial charge in [-0.3, -0.25) is 14.6 Å². The molecule has 3 aromatic carbocycles. The van der Waals surface area contributed by atoms with E-state index < -0.39 is 5.97 Å². The van der Waals surface area contributed by atoms with Gasteiger partial charge in [-0.1, -0.05) is 48.5 Å². The summed E-state index contributed by atoms with van der Waals surface area (Å²) in [6, 6.07) is 27.5. The predicted molar refractivity (Wildman–Crippen MR) is 173 cm³/mol. The maximum atomic E-state index is 11.8. The number of likely N-dealkylation sites (tertiary alicyclic amines) is 1. The Morgan fingerprint density at radius 1 is 0.956 bits per heavy atom. The van der Waals surface area contributed by atoms with Gasteiger partial charge >= 0.3 is 5.97 Å². The van der Waals surface area contributed by atoms with Crippen LogP contribution >= 0.6 is 0 Å². The average molecular weight is 607 g/mol. The van der Waals surface area contributed by atoms with Gasteiger partial charge in [0, 0.05) is 36.0 Å². The molecule has 3 saturated heterocycles. The van der Waals surface area contributed by atoms with Gasteiger partial charge in [-0.25, -0.2) is 4.98 Å². The van der Waals surface area contributed by atoms with E-state index in [1.807, 2.05) is 6.07 Å². The van der Waals surface area contributed by atoms with Crippen molar-refractivity contribution in [1.29, 1.82) is 0 Å². The summed E-state index contributed by atoms with van der Waals surface area (Å²) in [7, 11) is 0. The Morgan fingerprint density at radius 2 is 1.71 bits per heavy atom. The van der Waals surface area contributed by atoms with Gasteiger partial charge in [0.15, 0.2) is 11.5 Å². The molecule has 0 amide bonds. The molecule has 4 atom stereocenters. The number of carboxylic acids is 1. The molecular weight excluding hydrogens is 564 g/mol. The lowest BCUT2D eigenvalue weighted by molar-refractivity contribution is -0.138. The summed E-state index contributed by atoms with van der Waals surface area (Å²) in [4.78, 5) is 21.7. The zero-order valence-electron chi connectivity index (χ0n) is 26.0. The number of imidazole rings is 1. The number of aryl methyl sites for hydroxylation is 1. The third-order valence-corrected chi connectivity index (χ3v) is 11.3. The van der Waals surface area contributed by atoms with E-state index in [1.165, 1.54) is 29.5 Å². The summed E-state index contributed by atoms with van der Waals surface area (Å²) in [5.41, 5.74) is 4.78. The number of piperidine rings is 2. The lowest BCUT2D eigenvalue weighted by atomic mass is 9.61. The van der Waals surface area contributed by atoms with Crippen LogP contribution in [0.25, 0.3) is 11.0 Å². The fourth-order valence-corrected chi connectivity index (χ4v) is 9.28. The Balaban J connectivity index is 1.10. The highest BCUT2D eigenvalue weighted by atomic mass is 16.7. The van der Waals surface area contributed by atoms with Crippen molar-refractivity contribution in [2.75, 3.05) is 33.0 Å². The molecule has 0 saturated carbocycles. The van der Waals surface area contributed by atoms with Crippen LogP contribution in [0.2, 0.25) is 0 Å². The molecule has 234 valence electrons. The Morgan fingerprint density at radius 3 is 2.51 bits per heavy atom. The number of para-hydroxylation sites is 2. The normalized spacial score (nSPS) is 28.1. The first-order chi connectivity index (χ1) is 22.0. The number of benzene rings is 3. The van der Waals surface area contributed by atoms with Crippen molar-refractivity contribution in [3.63, 3.8) is 0 Å². The maximum absolute atomic E-state index is 11.8. The van der Waals surface area contributed by atoms with Crippen LogP contribution in [0.15, 0.2) is 72.8 Å². The zero-order chi connectivity index (χ0) is 30.5. The lowest BCUT2D eigenvalue weighted by Crippen LogP contribution is -2.52. The molecule has 0 spiro atoms. The molecule has 8 rings (SSSR count). The van der Waals surface area contributed by atoms with Gasteiger partial charge in [0.05, 0.1) is 17.6 Å². The Bertz CT molecular complexity index is 1690. The summed E-state index contributed by atoms with van der Waals surface area (Å²) in [5.74, 6) is 2.04. The van der Waals surface area contributed by atoms with E-state index in [-0.39, 0.29) is 24.7 Å². The van der Waals surface area contributed by atoms with E-state index in [0.717, 1.165) is 61.6 Å². The van der Waals surface area contributed by atoms with Crippen molar-refractivity contribution in [2.24, 2.45) is 0 Å². The van der Waals surface area contributed by atoms with Gasteiger partial charge in [0.1, 0.15) is 5.82 Å². The summed E-state index contributed by atoms with van der Waals surface area (Å²) in [6.07, 6.45) is 6.77. The Hall–Kier alpha value is -3.88. The zero-order valence-corrected chi connectivity index (χ0v) is 26.0. The smallest absolute Gasteiger partial charge is 0.317 e. The van der Waals surface area contributed by atoms with Crippen LogP contribution in [-0.4, -0.2) is 75.5 Å². The highest BCUT2D eigenvalue weighted by Gasteiger charge is 2.48. The first-order valence-electron chi connectivity index (χ1n) is 16.6. The third kappa shape index (κ3) is 5.08. The molecule has 4 aliphatic rings. The molecule has 2 bridgehead atoms. The van der Waals surface area contributed by atoms with Crippen molar-refractivity contribution in [2.45, 2.75) is 74.9 Å². The number of ether oxygens (including phenoxy) is 2. The summed E-state index contributed by atoms with van der Waals surface area (Å²) >= 11 is 0. The van der Waals surface area contributed by atoms with Crippen molar-refractivity contribution < 1.29 is 19.4 Å². The van der Waals surface area contributed by atoms with Crippen LogP contribution in [0.5, 0.6) is 11.5 Å². The molecule has 8 heteroatoms. The van der Waals surface area contributed by atoms with Crippen LogP contribution in [-0.2, 0) is 10.2 Å². The lowest BCUT2D eigenvalue weighted by Gasteiger charge is -2.50. The number of fused-ring (bicyclic) bond motifs is 4. The maximum Gasteiger partial charge on any atom is 0.317 e. The van der Waals surface area contributed by atoms with Crippen LogP contribution in [0.4, 0.5) is 0 Å². The number of aromatic nitrogens is 2. The number of rotatable bonds is 8. The van der Waals surface area contributed by atoms with Crippen LogP contribution in [0, 0.1) is 6.92 Å². The van der Waals surface area contributed by atoms with Gasteiger partial charge < -0.3 is 19.1 Å². The van der Waals surface area contributed by atoms with Gasteiger partial charge in [0.25, 0.3) is 0 Å². The molecule has 8 nitrogen and oxygen atoms in total. The van der Waals surface area contributed by atoms with E-state index in [0.29, 0.717) is 24.7 Å². The van der Waals surface area contributed by atoms with E-state index in [4.69, 9.17) is 14.5 Å². The first-order valence-corrected chi connectivity index (χ1v) is 16.6. The molecule has 4 aliphatic heterocycles. The van der Waals surface area contributed by atoms with Crippen molar-refractivity contribution in [3.8, 4) is 11.5 Å². The Labute approximate surface area is 264 Å². The predicted octanol–water partition coefficient (Wildman–Crippen LogP) is 6.14. The quantitative estimate of drug-likeness (QED) is 0.258. The SMILES string of the molecule is Cc1nc2ccccc2n1C1CC2CCC(C1)N2CCC1(c2ccccc2)CCN(CC(=O)O)CC1c1ccc2c(c1)OCO2. The minimum atomic E-state index is -0.771. The highest BCUT2D eigenvalue weighted by Crippen LogP contribution is 2.51. The number of carboxylic acid groups (broad SMARTS) is 1. The van der Waals surface area contributed by atoms with E-state index in [1.54, 1.807) is 0 Å². The third-order valence-electron chi connectivity index (χ3n) is 11.3. The van der Waals surface area contributed by atoms with Crippen molar-refractivity contribution >= 4 is 17.0 Å². The number of nitrogens with zero attached hydrogens (tertiary/aromatic N) is 4. The fraction of sp³-hybridized carbons (Fsp3) is 0.459. The summed E-state index contributed by atoms with van der Waals surface area (Å²) in [6.45, 7) is 4.97. The summed E-state index contributed by atoms with van der Waals surface area (Å²) in [5, 5.41) is 9.71. The molecule has 1 N–H and O–H groups in total. The van der Waals surface area contributed by atoms with Gasteiger partial charge in [-0.15, -0.1) is 0 Å². The second-order valence-corrected chi connectivity index (χ2v) is 13.6. The topological polar surface area (TPSA) is 80.1 Å². The molecular formula is C37H42N4O4. The van der Waals surface area contributed by atoms with Crippen molar-refractivity contribution in [1.82, 2.24) is 19.4 Å². The van der Waals surface area contributed by atoms with E-state index in [9.17, 15) is 9.90 Å². The number of hydrogen-bond acceptors (Lipinski definition) is 6. The molecule has 4 unspecified atom stereocenters. The highest BCUT2D eigenvalue weighted by molar-refractivity contribution is 5.76. The minimum absolute atomic E-state index is 0.0614. The van der Waals surface area contributed by atoms with Crippen molar-refractivity contribution in [3.05, 3.63) is 89.7 Å². The standard InChI is InChI=1S/C37H42N4O4/c1-25-38-32-9-5-6-10-33(32)41(25)30-20-28-12-13-29(21-30)40(28)18-16-37(27-7-3-2-4-8-27)15-17-39(23-36(42)43)22-31(37)26-11-14-34-35(19-26)45-24-44-34/h2-11,14,19,28-31H,12-13,15-18,20-24H2,1H3,(H,42,43). The number of carbonyl (C=O) groups is 1. The second-order valence-electron chi connectivity index (χ2n) is 13.6. The molecule has 5 heterocycles.